The minimum absolute atomic E-state index is 0.00398. The van der Waals surface area contributed by atoms with Crippen molar-refractivity contribution in [2.75, 3.05) is 19.8 Å². The maximum absolute atomic E-state index is 13.4. The van der Waals surface area contributed by atoms with Crippen molar-refractivity contribution in [3.05, 3.63) is 107 Å². The second-order valence-corrected chi connectivity index (χ2v) is 9.21. The number of nitrogens with one attached hydrogen (secondary N) is 2. The Hall–Kier alpha value is -4.15. The highest BCUT2D eigenvalue weighted by Gasteiger charge is 2.43. The highest BCUT2D eigenvalue weighted by molar-refractivity contribution is 6.00. The van der Waals surface area contributed by atoms with Crippen molar-refractivity contribution in [1.82, 2.24) is 10.9 Å². The fraction of sp³-hybridized carbons (Fsp3) is 0.267. The van der Waals surface area contributed by atoms with Gasteiger partial charge in [0.2, 0.25) is 5.90 Å². The van der Waals surface area contributed by atoms with E-state index >= 15 is 0 Å². The van der Waals surface area contributed by atoms with Gasteiger partial charge >= 0.3 is 6.18 Å². The minimum Gasteiger partial charge on any atom is -0.494 e. The average Bonchev–Trinajstić information content (AvgIpc) is 3.39. The molecule has 3 N–H and O–H groups in total. The summed E-state index contributed by atoms with van der Waals surface area (Å²) in [6, 6.07) is 21.4. The number of aliphatic hydroxyl groups is 1. The quantitative estimate of drug-likeness (QED) is 0.219. The molecule has 3 aromatic carbocycles. The van der Waals surface area contributed by atoms with Crippen LogP contribution < -0.4 is 15.6 Å². The molecular weight excluding hydrogens is 523 g/mol. The van der Waals surface area contributed by atoms with E-state index in [0.717, 1.165) is 17.7 Å². The average molecular weight is 554 g/mol. The molecule has 4 rings (SSSR count). The predicted octanol–water partition coefficient (Wildman–Crippen LogP) is 4.91. The van der Waals surface area contributed by atoms with Gasteiger partial charge < -0.3 is 14.6 Å². The number of nitrogens with zero attached hydrogens (tertiary/aromatic N) is 1. The molecule has 1 aliphatic rings. The summed E-state index contributed by atoms with van der Waals surface area (Å²) < 4.78 is 49.9. The zero-order chi connectivity index (χ0) is 28.4. The number of amides is 1. The monoisotopic (exact) mass is 553 g/mol. The maximum atomic E-state index is 13.4. The summed E-state index contributed by atoms with van der Waals surface area (Å²) in [6.45, 7) is 0.563. The van der Waals surface area contributed by atoms with Crippen LogP contribution in [0.3, 0.4) is 0 Å². The van der Waals surface area contributed by atoms with Gasteiger partial charge in [-0.05, 0) is 47.5 Å². The van der Waals surface area contributed by atoms with Gasteiger partial charge in [-0.1, -0.05) is 54.6 Å². The topological polar surface area (TPSA) is 92.2 Å². The molecule has 3 aromatic rings. The number of rotatable bonds is 12. The van der Waals surface area contributed by atoms with Crippen LogP contribution in [0.2, 0.25) is 0 Å². The first kappa shape index (κ1) is 28.8. The number of halogens is 3. The lowest BCUT2D eigenvalue weighted by Gasteiger charge is -2.22. The standard InChI is InChI=1S/C30H30F3N3O4/c31-30(32,33)25-13-9-23(10-14-25)20-34-36-28(38)29(17-4-8-22-6-2-1-3-7-22)21-40-27(35-29)24-11-15-26(16-12-24)39-19-5-18-37/h1-4,6-16,34,37H,5,17-21H2,(H,36,38)/b8-4+/t29-/m0/s1. The first-order chi connectivity index (χ1) is 19.3. The number of aliphatic hydroxyl groups excluding tert-OH is 1. The van der Waals surface area contributed by atoms with Crippen molar-refractivity contribution >= 4 is 17.9 Å². The van der Waals surface area contributed by atoms with Gasteiger partial charge in [0.15, 0.2) is 5.54 Å². The number of carbonyl (C=O) groups excluding carboxylic acids is 1. The van der Waals surface area contributed by atoms with Crippen molar-refractivity contribution in [2.45, 2.75) is 31.1 Å². The molecule has 0 aromatic heterocycles. The molecule has 0 aliphatic carbocycles. The number of hydrogen-bond acceptors (Lipinski definition) is 6. The zero-order valence-corrected chi connectivity index (χ0v) is 21.7. The van der Waals surface area contributed by atoms with Gasteiger partial charge in [0.1, 0.15) is 12.4 Å². The minimum atomic E-state index is -4.41. The molecule has 1 atom stereocenters. The van der Waals surface area contributed by atoms with Crippen molar-refractivity contribution in [2.24, 2.45) is 4.99 Å². The third kappa shape index (κ3) is 7.71. The van der Waals surface area contributed by atoms with Crippen molar-refractivity contribution < 1.29 is 32.5 Å². The lowest BCUT2D eigenvalue weighted by Crippen LogP contribution is -2.51. The molecule has 0 saturated carbocycles. The Bertz CT molecular complexity index is 1310. The van der Waals surface area contributed by atoms with Crippen LogP contribution in [0, 0.1) is 0 Å². The van der Waals surface area contributed by atoms with E-state index in [1.54, 1.807) is 24.3 Å². The fourth-order valence-electron chi connectivity index (χ4n) is 3.97. The molecule has 10 heteroatoms. The van der Waals surface area contributed by atoms with E-state index in [9.17, 15) is 18.0 Å². The number of alkyl halides is 3. The third-order valence-electron chi connectivity index (χ3n) is 6.20. The van der Waals surface area contributed by atoms with E-state index in [1.165, 1.54) is 12.1 Å². The normalized spacial score (nSPS) is 16.9. The molecule has 1 aliphatic heterocycles. The van der Waals surface area contributed by atoms with E-state index in [-0.39, 0.29) is 26.2 Å². The lowest BCUT2D eigenvalue weighted by atomic mass is 9.95. The number of hydrogen-bond donors (Lipinski definition) is 3. The third-order valence-corrected chi connectivity index (χ3v) is 6.20. The molecular formula is C30H30F3N3O4. The van der Waals surface area contributed by atoms with Crippen LogP contribution >= 0.6 is 0 Å². The summed E-state index contributed by atoms with van der Waals surface area (Å²) in [6.07, 6.45) is 0.126. The van der Waals surface area contributed by atoms with Crippen molar-refractivity contribution in [3.63, 3.8) is 0 Å². The van der Waals surface area contributed by atoms with E-state index in [4.69, 9.17) is 14.6 Å². The molecule has 0 radical (unpaired) electrons. The van der Waals surface area contributed by atoms with E-state index < -0.39 is 23.2 Å². The largest absolute Gasteiger partial charge is 0.494 e. The van der Waals surface area contributed by atoms with Crippen LogP contribution in [-0.2, 0) is 22.3 Å². The SMILES string of the molecule is O=C(NNCc1ccc(C(F)(F)F)cc1)[C@]1(C/C=C/c2ccccc2)COC(c2ccc(OCCCO)cc2)=N1. The second kappa shape index (κ2) is 13.3. The van der Waals surface area contributed by atoms with Gasteiger partial charge in [-0.25, -0.2) is 10.4 Å². The Balaban J connectivity index is 1.46. The zero-order valence-electron chi connectivity index (χ0n) is 21.7. The number of ether oxygens (including phenoxy) is 2. The van der Waals surface area contributed by atoms with Gasteiger partial charge in [-0.15, -0.1) is 0 Å². The Kier molecular flexibility index (Phi) is 9.57. The number of aliphatic imine (C=N–C) groups is 1. The predicted molar refractivity (Wildman–Crippen MR) is 145 cm³/mol. The van der Waals surface area contributed by atoms with Crippen LogP contribution in [0.4, 0.5) is 13.2 Å². The Morgan fingerprint density at radius 1 is 1.05 bits per heavy atom. The molecule has 40 heavy (non-hydrogen) atoms. The molecule has 0 saturated heterocycles. The summed E-state index contributed by atoms with van der Waals surface area (Å²) in [5, 5.41) is 8.91. The molecule has 1 amide bonds. The van der Waals surface area contributed by atoms with Crippen LogP contribution in [0.25, 0.3) is 6.08 Å². The summed E-state index contributed by atoms with van der Waals surface area (Å²) in [4.78, 5) is 18.1. The van der Waals surface area contributed by atoms with Crippen LogP contribution in [0.1, 0.15) is 35.1 Å². The molecule has 0 unspecified atom stereocenters. The summed E-state index contributed by atoms with van der Waals surface area (Å²) in [7, 11) is 0. The Morgan fingerprint density at radius 3 is 2.45 bits per heavy atom. The highest BCUT2D eigenvalue weighted by atomic mass is 19.4. The fourth-order valence-corrected chi connectivity index (χ4v) is 3.97. The molecule has 0 spiro atoms. The lowest BCUT2D eigenvalue weighted by molar-refractivity contribution is -0.137. The summed E-state index contributed by atoms with van der Waals surface area (Å²) in [5.41, 5.74) is 5.65. The van der Waals surface area contributed by atoms with Gasteiger partial charge in [0.05, 0.1) is 12.2 Å². The van der Waals surface area contributed by atoms with E-state index in [0.29, 0.717) is 35.8 Å². The maximum Gasteiger partial charge on any atom is 0.416 e. The first-order valence-corrected chi connectivity index (χ1v) is 12.8. The Morgan fingerprint density at radius 2 is 1.77 bits per heavy atom. The van der Waals surface area contributed by atoms with E-state index in [1.807, 2.05) is 42.5 Å². The summed E-state index contributed by atoms with van der Waals surface area (Å²) >= 11 is 0. The van der Waals surface area contributed by atoms with Gasteiger partial charge in [0.25, 0.3) is 5.91 Å². The van der Waals surface area contributed by atoms with Gasteiger partial charge in [0, 0.05) is 31.6 Å². The van der Waals surface area contributed by atoms with E-state index in [2.05, 4.69) is 15.8 Å². The second-order valence-electron chi connectivity index (χ2n) is 9.21. The molecule has 210 valence electrons. The highest BCUT2D eigenvalue weighted by Crippen LogP contribution is 2.29. The number of carbonyl (C=O) groups is 1. The summed E-state index contributed by atoms with van der Waals surface area (Å²) in [5.74, 6) is 0.516. The van der Waals surface area contributed by atoms with Crippen LogP contribution in [0.15, 0.2) is 89.9 Å². The molecule has 1 heterocycles. The van der Waals surface area contributed by atoms with Crippen LogP contribution in [0.5, 0.6) is 5.75 Å². The molecule has 0 bridgehead atoms. The first-order valence-electron chi connectivity index (χ1n) is 12.8. The number of hydrazine groups is 1. The number of benzene rings is 3. The Labute approximate surface area is 230 Å². The molecule has 7 nitrogen and oxygen atoms in total. The molecule has 0 fully saturated rings. The van der Waals surface area contributed by atoms with Gasteiger partial charge in [-0.2, -0.15) is 13.2 Å². The van der Waals surface area contributed by atoms with Crippen LogP contribution in [-0.4, -0.2) is 42.3 Å². The van der Waals surface area contributed by atoms with Gasteiger partial charge in [-0.3, -0.25) is 10.2 Å². The van der Waals surface area contributed by atoms with Crippen molar-refractivity contribution in [1.29, 1.82) is 0 Å². The smallest absolute Gasteiger partial charge is 0.416 e. The van der Waals surface area contributed by atoms with Crippen molar-refractivity contribution in [3.8, 4) is 5.75 Å².